The molecule has 2 aromatic carbocycles. The standard InChI is InChI=1S/C22H29NO2/c1-17-7-6-8-18(2)23(17)15-21(24)16-25-22-13-11-20(12-14-22)19-9-4-3-5-10-19/h3-5,9-14,17-18,21,24H,6-8,15-16H2,1-2H3/t17-,18+,21-/m0/s1. The maximum Gasteiger partial charge on any atom is 0.119 e. The number of likely N-dealkylation sites (tertiary alicyclic amines) is 1. The number of hydrogen-bond donors (Lipinski definition) is 1. The molecule has 3 atom stereocenters. The van der Waals surface area contributed by atoms with Crippen LogP contribution in [0.1, 0.15) is 33.1 Å². The van der Waals surface area contributed by atoms with E-state index in [9.17, 15) is 5.11 Å². The number of aliphatic hydroxyl groups is 1. The van der Waals surface area contributed by atoms with E-state index in [1.54, 1.807) is 0 Å². The van der Waals surface area contributed by atoms with E-state index in [0.29, 0.717) is 25.2 Å². The molecule has 0 spiro atoms. The summed E-state index contributed by atoms with van der Waals surface area (Å²) < 4.78 is 5.79. The lowest BCUT2D eigenvalue weighted by Crippen LogP contribution is -2.48. The molecule has 0 bridgehead atoms. The summed E-state index contributed by atoms with van der Waals surface area (Å²) in [5.41, 5.74) is 2.37. The lowest BCUT2D eigenvalue weighted by Gasteiger charge is -2.40. The van der Waals surface area contributed by atoms with E-state index in [-0.39, 0.29) is 0 Å². The first-order valence-corrected chi connectivity index (χ1v) is 9.35. The van der Waals surface area contributed by atoms with Gasteiger partial charge in [-0.15, -0.1) is 0 Å². The number of rotatable bonds is 6. The molecule has 25 heavy (non-hydrogen) atoms. The molecular formula is C22H29NO2. The Bertz CT molecular complexity index is 631. The monoisotopic (exact) mass is 339 g/mol. The quantitative estimate of drug-likeness (QED) is 0.849. The average Bonchev–Trinajstić information content (AvgIpc) is 2.64. The Labute approximate surface area is 151 Å². The van der Waals surface area contributed by atoms with Crippen LogP contribution in [0.5, 0.6) is 5.75 Å². The van der Waals surface area contributed by atoms with Crippen LogP contribution in [0.4, 0.5) is 0 Å². The van der Waals surface area contributed by atoms with Crippen LogP contribution in [-0.4, -0.2) is 41.3 Å². The number of hydrogen-bond acceptors (Lipinski definition) is 3. The molecule has 2 aromatic rings. The van der Waals surface area contributed by atoms with Gasteiger partial charge in [0.2, 0.25) is 0 Å². The molecule has 3 heteroatoms. The molecule has 1 fully saturated rings. The first-order chi connectivity index (χ1) is 12.1. The van der Waals surface area contributed by atoms with Crippen molar-refractivity contribution in [3.05, 3.63) is 54.6 Å². The summed E-state index contributed by atoms with van der Waals surface area (Å²) in [4.78, 5) is 2.41. The Kier molecular flexibility index (Phi) is 6.11. The van der Waals surface area contributed by atoms with Gasteiger partial charge in [-0.25, -0.2) is 0 Å². The van der Waals surface area contributed by atoms with Crippen LogP contribution in [0.25, 0.3) is 11.1 Å². The second-order valence-corrected chi connectivity index (χ2v) is 7.18. The van der Waals surface area contributed by atoms with Crippen molar-refractivity contribution in [2.24, 2.45) is 0 Å². The van der Waals surface area contributed by atoms with Gasteiger partial charge in [-0.05, 0) is 49.9 Å². The summed E-state index contributed by atoms with van der Waals surface area (Å²) in [5, 5.41) is 10.4. The molecule has 0 radical (unpaired) electrons. The second kappa shape index (κ2) is 8.50. The van der Waals surface area contributed by atoms with Gasteiger partial charge in [0.25, 0.3) is 0 Å². The number of nitrogens with zero attached hydrogens (tertiary/aromatic N) is 1. The first kappa shape index (κ1) is 18.0. The van der Waals surface area contributed by atoms with Crippen molar-refractivity contribution < 1.29 is 9.84 Å². The molecule has 1 aliphatic heterocycles. The minimum absolute atomic E-state index is 0.334. The van der Waals surface area contributed by atoms with Gasteiger partial charge in [-0.1, -0.05) is 48.9 Å². The van der Waals surface area contributed by atoms with Gasteiger partial charge in [0.05, 0.1) is 0 Å². The molecule has 1 aliphatic rings. The molecule has 1 heterocycles. The predicted molar refractivity (Wildman–Crippen MR) is 103 cm³/mol. The molecule has 0 unspecified atom stereocenters. The summed E-state index contributed by atoms with van der Waals surface area (Å²) >= 11 is 0. The summed E-state index contributed by atoms with van der Waals surface area (Å²) in [6, 6.07) is 19.5. The van der Waals surface area contributed by atoms with E-state index in [0.717, 1.165) is 5.75 Å². The number of piperidine rings is 1. The molecule has 0 saturated carbocycles. The Morgan fingerprint density at radius 3 is 2.20 bits per heavy atom. The van der Waals surface area contributed by atoms with Gasteiger partial charge in [0.1, 0.15) is 18.5 Å². The number of ether oxygens (including phenoxy) is 1. The fraction of sp³-hybridized carbons (Fsp3) is 0.455. The van der Waals surface area contributed by atoms with Crippen molar-refractivity contribution in [1.82, 2.24) is 4.90 Å². The molecule has 3 rings (SSSR count). The zero-order chi connectivity index (χ0) is 17.6. The van der Waals surface area contributed by atoms with Crippen molar-refractivity contribution in [1.29, 1.82) is 0 Å². The van der Waals surface area contributed by atoms with Crippen molar-refractivity contribution in [3.63, 3.8) is 0 Å². The van der Waals surface area contributed by atoms with E-state index >= 15 is 0 Å². The Morgan fingerprint density at radius 2 is 1.56 bits per heavy atom. The number of benzene rings is 2. The zero-order valence-corrected chi connectivity index (χ0v) is 15.3. The largest absolute Gasteiger partial charge is 0.491 e. The molecule has 134 valence electrons. The molecular weight excluding hydrogens is 310 g/mol. The van der Waals surface area contributed by atoms with E-state index < -0.39 is 6.10 Å². The smallest absolute Gasteiger partial charge is 0.119 e. The Hall–Kier alpha value is -1.84. The van der Waals surface area contributed by atoms with Crippen LogP contribution in [-0.2, 0) is 0 Å². The fourth-order valence-electron chi connectivity index (χ4n) is 3.70. The second-order valence-electron chi connectivity index (χ2n) is 7.18. The molecule has 0 aliphatic carbocycles. The third-order valence-electron chi connectivity index (χ3n) is 5.20. The lowest BCUT2D eigenvalue weighted by atomic mass is 9.97. The van der Waals surface area contributed by atoms with Gasteiger partial charge in [0, 0.05) is 18.6 Å². The Morgan fingerprint density at radius 1 is 0.960 bits per heavy atom. The average molecular weight is 339 g/mol. The van der Waals surface area contributed by atoms with Crippen molar-refractivity contribution in [2.75, 3.05) is 13.2 Å². The van der Waals surface area contributed by atoms with Crippen molar-refractivity contribution in [2.45, 2.75) is 51.3 Å². The highest BCUT2D eigenvalue weighted by Gasteiger charge is 2.26. The van der Waals surface area contributed by atoms with E-state index in [1.807, 2.05) is 30.3 Å². The third-order valence-corrected chi connectivity index (χ3v) is 5.20. The summed E-state index contributed by atoms with van der Waals surface area (Å²) in [5.74, 6) is 0.804. The normalized spacial score (nSPS) is 22.5. The summed E-state index contributed by atoms with van der Waals surface area (Å²) in [6.07, 6.45) is 3.27. The van der Waals surface area contributed by atoms with Crippen LogP contribution >= 0.6 is 0 Å². The van der Waals surface area contributed by atoms with Crippen molar-refractivity contribution in [3.8, 4) is 16.9 Å². The molecule has 1 N–H and O–H groups in total. The molecule has 0 aromatic heterocycles. The predicted octanol–water partition coefficient (Wildman–Crippen LogP) is 4.36. The van der Waals surface area contributed by atoms with Gasteiger partial charge < -0.3 is 9.84 Å². The van der Waals surface area contributed by atoms with Crippen LogP contribution in [0.3, 0.4) is 0 Å². The first-order valence-electron chi connectivity index (χ1n) is 9.35. The van der Waals surface area contributed by atoms with E-state index in [2.05, 4.69) is 43.0 Å². The topological polar surface area (TPSA) is 32.7 Å². The minimum atomic E-state index is -0.461. The van der Waals surface area contributed by atoms with Crippen LogP contribution in [0.2, 0.25) is 0 Å². The summed E-state index contributed by atoms with van der Waals surface area (Å²) in [7, 11) is 0. The van der Waals surface area contributed by atoms with Gasteiger partial charge in [0.15, 0.2) is 0 Å². The number of aliphatic hydroxyl groups excluding tert-OH is 1. The van der Waals surface area contributed by atoms with Crippen molar-refractivity contribution >= 4 is 0 Å². The lowest BCUT2D eigenvalue weighted by molar-refractivity contribution is 0.0209. The highest BCUT2D eigenvalue weighted by molar-refractivity contribution is 5.63. The minimum Gasteiger partial charge on any atom is -0.491 e. The molecule has 3 nitrogen and oxygen atoms in total. The van der Waals surface area contributed by atoms with Gasteiger partial charge in [-0.3, -0.25) is 4.90 Å². The van der Waals surface area contributed by atoms with Crippen LogP contribution in [0.15, 0.2) is 54.6 Å². The highest BCUT2D eigenvalue weighted by atomic mass is 16.5. The van der Waals surface area contributed by atoms with Gasteiger partial charge in [-0.2, -0.15) is 0 Å². The van der Waals surface area contributed by atoms with E-state index in [1.165, 1.54) is 30.4 Å². The highest BCUT2D eigenvalue weighted by Crippen LogP contribution is 2.24. The van der Waals surface area contributed by atoms with Crippen LogP contribution in [0, 0.1) is 0 Å². The van der Waals surface area contributed by atoms with Crippen LogP contribution < -0.4 is 4.74 Å². The fourth-order valence-corrected chi connectivity index (χ4v) is 3.70. The maximum atomic E-state index is 10.4. The number of β-amino-alcohol motifs (C(OH)–C–C–N with tert-alkyl or cyclic N) is 1. The summed E-state index contributed by atoms with van der Waals surface area (Å²) in [6.45, 7) is 5.53. The third kappa shape index (κ3) is 4.83. The molecule has 0 amide bonds. The molecule has 1 saturated heterocycles. The maximum absolute atomic E-state index is 10.4. The Balaban J connectivity index is 1.51. The zero-order valence-electron chi connectivity index (χ0n) is 15.3. The van der Waals surface area contributed by atoms with Gasteiger partial charge >= 0.3 is 0 Å². The SMILES string of the molecule is C[C@@H]1CCC[C@H](C)N1C[C@H](O)COc1ccc(-c2ccccc2)cc1. The van der Waals surface area contributed by atoms with E-state index in [4.69, 9.17) is 4.74 Å².